The van der Waals surface area contributed by atoms with E-state index < -0.39 is 0 Å². The predicted octanol–water partition coefficient (Wildman–Crippen LogP) is 1.52. The second-order valence-electron chi connectivity index (χ2n) is 7.17. The number of hydrogen-bond acceptors (Lipinski definition) is 6. The van der Waals surface area contributed by atoms with Gasteiger partial charge in [0.25, 0.3) is 0 Å². The van der Waals surface area contributed by atoms with E-state index >= 15 is 0 Å². The minimum atomic E-state index is 0.230. The van der Waals surface area contributed by atoms with Crippen LogP contribution in [0.1, 0.15) is 23.6 Å². The number of aryl methyl sites for hydroxylation is 1. The van der Waals surface area contributed by atoms with Crippen LogP contribution in [0.2, 0.25) is 0 Å². The summed E-state index contributed by atoms with van der Waals surface area (Å²) in [6.45, 7) is 7.37. The van der Waals surface area contributed by atoms with Crippen LogP contribution in [0.4, 0.5) is 5.82 Å². The number of carbonyl (C=O) groups is 1. The Hall–Kier alpha value is -2.41. The first-order chi connectivity index (χ1) is 12.7. The Morgan fingerprint density at radius 3 is 2.58 bits per heavy atom. The molecule has 1 atom stereocenters. The van der Waals surface area contributed by atoms with E-state index in [1.807, 2.05) is 11.8 Å². The number of likely N-dealkylation sites (tertiary alicyclic amines) is 1. The fraction of sp³-hybridized carbons (Fsp3) is 0.526. The number of hydrogen-bond donors (Lipinski definition) is 0. The van der Waals surface area contributed by atoms with Crippen molar-refractivity contribution in [1.82, 2.24) is 20.1 Å². The minimum absolute atomic E-state index is 0.230. The third-order valence-electron chi connectivity index (χ3n) is 5.46. The lowest BCUT2D eigenvalue weighted by atomic mass is 9.99. The Labute approximate surface area is 153 Å². The molecule has 2 aliphatic rings. The Morgan fingerprint density at radius 2 is 1.88 bits per heavy atom. The number of benzene rings is 1. The van der Waals surface area contributed by atoms with E-state index in [-0.39, 0.29) is 5.91 Å². The number of aromatic nitrogens is 2. The van der Waals surface area contributed by atoms with Gasteiger partial charge in [-0.3, -0.25) is 9.69 Å². The summed E-state index contributed by atoms with van der Waals surface area (Å²) in [5.41, 5.74) is 2.18. The molecule has 138 valence electrons. The summed E-state index contributed by atoms with van der Waals surface area (Å²) >= 11 is 0. The maximum Gasteiger partial charge on any atom is 0.236 e. The molecule has 1 amide bonds. The van der Waals surface area contributed by atoms with E-state index in [9.17, 15) is 4.79 Å². The van der Waals surface area contributed by atoms with Gasteiger partial charge in [0.1, 0.15) is 5.69 Å². The zero-order chi connectivity index (χ0) is 17.9. The fourth-order valence-corrected chi connectivity index (χ4v) is 3.95. The first-order valence-electron chi connectivity index (χ1n) is 9.30. The quantitative estimate of drug-likeness (QED) is 0.828. The van der Waals surface area contributed by atoms with Gasteiger partial charge in [0.15, 0.2) is 5.82 Å². The van der Waals surface area contributed by atoms with Crippen molar-refractivity contribution in [2.45, 2.75) is 19.3 Å². The molecule has 0 unspecified atom stereocenters. The van der Waals surface area contributed by atoms with Crippen molar-refractivity contribution < 1.29 is 9.42 Å². The molecule has 2 fully saturated rings. The minimum Gasteiger partial charge on any atom is -0.349 e. The lowest BCUT2D eigenvalue weighted by molar-refractivity contribution is -0.132. The molecule has 0 N–H and O–H groups in total. The molecule has 0 aliphatic carbocycles. The summed E-state index contributed by atoms with van der Waals surface area (Å²) in [6, 6.07) is 10.6. The van der Waals surface area contributed by atoms with Crippen LogP contribution in [-0.4, -0.2) is 71.8 Å². The summed E-state index contributed by atoms with van der Waals surface area (Å²) in [6.07, 6.45) is 1.13. The van der Waals surface area contributed by atoms with Crippen LogP contribution in [0.25, 0.3) is 0 Å². The van der Waals surface area contributed by atoms with Gasteiger partial charge in [-0.05, 0) is 36.5 Å². The lowest BCUT2D eigenvalue weighted by Gasteiger charge is -2.35. The van der Waals surface area contributed by atoms with Crippen LogP contribution >= 0.6 is 0 Å². The number of piperazine rings is 1. The summed E-state index contributed by atoms with van der Waals surface area (Å²) in [4.78, 5) is 19.1. The molecular formula is C19H25N5O2. The van der Waals surface area contributed by atoms with Crippen LogP contribution < -0.4 is 4.90 Å². The SMILES string of the molecule is Cc1nonc1N1CCN(C(=O)CN2CC[C@H](c3ccccc3)C2)CC1. The Balaban J connectivity index is 1.27. The highest BCUT2D eigenvalue weighted by Gasteiger charge is 2.29. The van der Waals surface area contributed by atoms with Crippen LogP contribution in [0.15, 0.2) is 35.0 Å². The van der Waals surface area contributed by atoms with E-state index in [0.717, 1.165) is 57.2 Å². The molecule has 1 aromatic heterocycles. The number of nitrogens with zero attached hydrogens (tertiary/aromatic N) is 5. The summed E-state index contributed by atoms with van der Waals surface area (Å²) in [5.74, 6) is 1.57. The number of rotatable bonds is 4. The van der Waals surface area contributed by atoms with Crippen molar-refractivity contribution in [3.8, 4) is 0 Å². The molecule has 0 spiro atoms. The van der Waals surface area contributed by atoms with Crippen LogP contribution in [-0.2, 0) is 4.79 Å². The summed E-state index contributed by atoms with van der Waals surface area (Å²) in [7, 11) is 0. The van der Waals surface area contributed by atoms with E-state index in [1.165, 1.54) is 5.56 Å². The van der Waals surface area contributed by atoms with Crippen molar-refractivity contribution in [1.29, 1.82) is 0 Å². The molecule has 0 bridgehead atoms. The Kier molecular flexibility index (Phi) is 4.88. The van der Waals surface area contributed by atoms with Crippen molar-refractivity contribution in [3.05, 3.63) is 41.6 Å². The van der Waals surface area contributed by atoms with E-state index in [1.54, 1.807) is 0 Å². The topological polar surface area (TPSA) is 65.7 Å². The van der Waals surface area contributed by atoms with Gasteiger partial charge >= 0.3 is 0 Å². The third kappa shape index (κ3) is 3.58. The monoisotopic (exact) mass is 355 g/mol. The zero-order valence-corrected chi connectivity index (χ0v) is 15.2. The second kappa shape index (κ2) is 7.45. The molecular weight excluding hydrogens is 330 g/mol. The Morgan fingerprint density at radius 1 is 1.12 bits per heavy atom. The van der Waals surface area contributed by atoms with Gasteiger partial charge in [0.05, 0.1) is 6.54 Å². The molecule has 2 aromatic rings. The molecule has 2 aliphatic heterocycles. The average molecular weight is 355 g/mol. The van der Waals surface area contributed by atoms with E-state index in [0.29, 0.717) is 12.5 Å². The molecule has 3 heterocycles. The van der Waals surface area contributed by atoms with Gasteiger partial charge in [-0.2, -0.15) is 0 Å². The highest BCUT2D eigenvalue weighted by atomic mass is 16.6. The predicted molar refractivity (Wildman–Crippen MR) is 98.1 cm³/mol. The number of amides is 1. The summed E-state index contributed by atoms with van der Waals surface area (Å²) in [5, 5.41) is 7.79. The molecule has 1 aromatic carbocycles. The van der Waals surface area contributed by atoms with Crippen LogP contribution in [0, 0.1) is 6.92 Å². The van der Waals surface area contributed by atoms with Gasteiger partial charge in [-0.25, -0.2) is 4.63 Å². The lowest BCUT2D eigenvalue weighted by Crippen LogP contribution is -2.51. The normalized spacial score (nSPS) is 21.3. The van der Waals surface area contributed by atoms with Crippen LogP contribution in [0.3, 0.4) is 0 Å². The molecule has 4 rings (SSSR count). The standard InChI is InChI=1S/C19H25N5O2/c1-15-19(21-26-20-15)24-11-9-23(10-12-24)18(25)14-22-8-7-17(13-22)16-5-3-2-4-6-16/h2-6,17H,7-14H2,1H3/t17-/m0/s1. The van der Waals surface area contributed by atoms with E-state index in [4.69, 9.17) is 4.63 Å². The highest BCUT2D eigenvalue weighted by molar-refractivity contribution is 5.78. The van der Waals surface area contributed by atoms with Crippen molar-refractivity contribution in [2.75, 3.05) is 50.7 Å². The van der Waals surface area contributed by atoms with Crippen molar-refractivity contribution >= 4 is 11.7 Å². The average Bonchev–Trinajstić information content (AvgIpc) is 3.32. The van der Waals surface area contributed by atoms with Crippen LogP contribution in [0.5, 0.6) is 0 Å². The van der Waals surface area contributed by atoms with Gasteiger partial charge in [0.2, 0.25) is 5.91 Å². The van der Waals surface area contributed by atoms with Gasteiger partial charge in [0, 0.05) is 32.7 Å². The molecule has 0 saturated carbocycles. The van der Waals surface area contributed by atoms with E-state index in [2.05, 4.69) is 50.4 Å². The van der Waals surface area contributed by atoms with Gasteiger partial charge in [-0.15, -0.1) is 0 Å². The van der Waals surface area contributed by atoms with Crippen molar-refractivity contribution in [2.24, 2.45) is 0 Å². The number of anilines is 1. The highest BCUT2D eigenvalue weighted by Crippen LogP contribution is 2.26. The molecule has 7 nitrogen and oxygen atoms in total. The Bertz CT molecular complexity index is 739. The second-order valence-corrected chi connectivity index (χ2v) is 7.17. The smallest absolute Gasteiger partial charge is 0.236 e. The maximum absolute atomic E-state index is 12.7. The molecule has 7 heteroatoms. The first-order valence-corrected chi connectivity index (χ1v) is 9.30. The van der Waals surface area contributed by atoms with Crippen molar-refractivity contribution in [3.63, 3.8) is 0 Å². The fourth-order valence-electron chi connectivity index (χ4n) is 3.95. The third-order valence-corrected chi connectivity index (χ3v) is 5.46. The van der Waals surface area contributed by atoms with Gasteiger partial charge < -0.3 is 9.80 Å². The molecule has 26 heavy (non-hydrogen) atoms. The number of carbonyl (C=O) groups excluding carboxylic acids is 1. The first kappa shape index (κ1) is 17.0. The molecule has 0 radical (unpaired) electrons. The maximum atomic E-state index is 12.7. The summed E-state index contributed by atoms with van der Waals surface area (Å²) < 4.78 is 4.78. The zero-order valence-electron chi connectivity index (χ0n) is 15.2. The largest absolute Gasteiger partial charge is 0.349 e. The molecule has 2 saturated heterocycles. The van der Waals surface area contributed by atoms with Gasteiger partial charge in [-0.1, -0.05) is 35.5 Å².